The van der Waals surface area contributed by atoms with Crippen molar-refractivity contribution in [1.82, 2.24) is 0 Å². The van der Waals surface area contributed by atoms with Crippen molar-refractivity contribution in [2.75, 3.05) is 14.2 Å². The maximum Gasteiger partial charge on any atom is 0.416 e. The number of benzene rings is 2. The van der Waals surface area contributed by atoms with Gasteiger partial charge in [-0.2, -0.15) is 13.2 Å². The summed E-state index contributed by atoms with van der Waals surface area (Å²) in [6, 6.07) is 11.8. The molecule has 0 N–H and O–H groups in total. The fourth-order valence-electron chi connectivity index (χ4n) is 2.93. The SMILES string of the molecule is COc1ccc(C2C=C(C(F)(F)F)c3ccccc32)cc1OC. The summed E-state index contributed by atoms with van der Waals surface area (Å²) in [7, 11) is 3.02. The van der Waals surface area contributed by atoms with Crippen molar-refractivity contribution in [1.29, 1.82) is 0 Å². The van der Waals surface area contributed by atoms with Crippen LogP contribution in [0.2, 0.25) is 0 Å². The second kappa shape index (κ2) is 5.65. The Labute approximate surface area is 132 Å². The maximum absolute atomic E-state index is 13.3. The van der Waals surface area contributed by atoms with Gasteiger partial charge in [0.1, 0.15) is 0 Å². The van der Waals surface area contributed by atoms with E-state index in [1.54, 1.807) is 36.4 Å². The molecule has 23 heavy (non-hydrogen) atoms. The van der Waals surface area contributed by atoms with Gasteiger partial charge >= 0.3 is 6.18 Å². The second-order valence-electron chi connectivity index (χ2n) is 5.26. The van der Waals surface area contributed by atoms with Crippen molar-refractivity contribution in [3.63, 3.8) is 0 Å². The van der Waals surface area contributed by atoms with E-state index in [1.807, 2.05) is 0 Å². The molecule has 1 aliphatic carbocycles. The molecule has 3 rings (SSSR count). The first-order chi connectivity index (χ1) is 11.0. The van der Waals surface area contributed by atoms with Gasteiger partial charge in [0.15, 0.2) is 11.5 Å². The highest BCUT2D eigenvalue weighted by atomic mass is 19.4. The molecule has 0 spiro atoms. The zero-order valence-electron chi connectivity index (χ0n) is 12.6. The van der Waals surface area contributed by atoms with Gasteiger partial charge in [-0.3, -0.25) is 0 Å². The lowest BCUT2D eigenvalue weighted by Gasteiger charge is -2.14. The highest BCUT2D eigenvalue weighted by Gasteiger charge is 2.40. The zero-order chi connectivity index (χ0) is 16.6. The van der Waals surface area contributed by atoms with Crippen molar-refractivity contribution in [3.05, 3.63) is 65.2 Å². The third-order valence-electron chi connectivity index (χ3n) is 3.99. The van der Waals surface area contributed by atoms with Crippen LogP contribution in [-0.2, 0) is 0 Å². The van der Waals surface area contributed by atoms with Gasteiger partial charge < -0.3 is 9.47 Å². The van der Waals surface area contributed by atoms with E-state index < -0.39 is 17.7 Å². The summed E-state index contributed by atoms with van der Waals surface area (Å²) in [5, 5.41) is 0. The molecule has 0 radical (unpaired) electrons. The fourth-order valence-corrected chi connectivity index (χ4v) is 2.93. The molecule has 0 aliphatic heterocycles. The molecule has 0 aromatic heterocycles. The molecule has 1 atom stereocenters. The summed E-state index contributed by atoms with van der Waals surface area (Å²) in [5.41, 5.74) is 1.02. The van der Waals surface area contributed by atoms with Gasteiger partial charge in [-0.05, 0) is 28.8 Å². The summed E-state index contributed by atoms with van der Waals surface area (Å²) in [6.45, 7) is 0. The molecule has 0 heterocycles. The zero-order valence-corrected chi connectivity index (χ0v) is 12.6. The number of halogens is 3. The van der Waals surface area contributed by atoms with E-state index in [0.29, 0.717) is 17.1 Å². The Kier molecular flexibility index (Phi) is 3.80. The van der Waals surface area contributed by atoms with Crippen LogP contribution in [0.25, 0.3) is 5.57 Å². The monoisotopic (exact) mass is 320 g/mol. The predicted octanol–water partition coefficient (Wildman–Crippen LogP) is 4.80. The van der Waals surface area contributed by atoms with Gasteiger partial charge in [0.2, 0.25) is 0 Å². The molecule has 120 valence electrons. The molecule has 0 fully saturated rings. The largest absolute Gasteiger partial charge is 0.493 e. The lowest BCUT2D eigenvalue weighted by Crippen LogP contribution is -2.09. The van der Waals surface area contributed by atoms with Gasteiger partial charge in [0.25, 0.3) is 0 Å². The number of ether oxygens (including phenoxy) is 2. The molecule has 0 saturated heterocycles. The van der Waals surface area contributed by atoms with Crippen molar-refractivity contribution >= 4 is 5.57 Å². The lowest BCUT2D eigenvalue weighted by molar-refractivity contribution is -0.0688. The Balaban J connectivity index is 2.12. The molecule has 5 heteroatoms. The fraction of sp³-hybridized carbons (Fsp3) is 0.222. The molecular weight excluding hydrogens is 305 g/mol. The molecule has 2 aromatic rings. The molecule has 0 saturated carbocycles. The Morgan fingerprint density at radius 2 is 1.61 bits per heavy atom. The average molecular weight is 320 g/mol. The van der Waals surface area contributed by atoms with E-state index in [-0.39, 0.29) is 5.56 Å². The lowest BCUT2D eigenvalue weighted by atomic mass is 9.93. The normalized spacial score (nSPS) is 16.7. The smallest absolute Gasteiger partial charge is 0.416 e. The summed E-state index contributed by atoms with van der Waals surface area (Å²) in [6.07, 6.45) is -3.10. The van der Waals surface area contributed by atoms with Crippen LogP contribution in [-0.4, -0.2) is 20.4 Å². The average Bonchev–Trinajstić information content (AvgIpc) is 2.94. The van der Waals surface area contributed by atoms with E-state index in [9.17, 15) is 13.2 Å². The van der Waals surface area contributed by atoms with Crippen LogP contribution in [0.3, 0.4) is 0 Å². The maximum atomic E-state index is 13.3. The van der Waals surface area contributed by atoms with Crippen molar-refractivity contribution in [3.8, 4) is 11.5 Å². The van der Waals surface area contributed by atoms with Crippen LogP contribution < -0.4 is 9.47 Å². The highest BCUT2D eigenvalue weighted by Crippen LogP contribution is 2.47. The first kappa shape index (κ1) is 15.5. The minimum absolute atomic E-state index is 0.236. The first-order valence-electron chi connectivity index (χ1n) is 7.06. The Hall–Kier alpha value is -2.43. The number of hydrogen-bond donors (Lipinski definition) is 0. The van der Waals surface area contributed by atoms with Crippen LogP contribution in [0.4, 0.5) is 13.2 Å². The van der Waals surface area contributed by atoms with Crippen LogP contribution >= 0.6 is 0 Å². The molecule has 2 aromatic carbocycles. The summed E-state index contributed by atoms with van der Waals surface area (Å²) in [4.78, 5) is 0. The van der Waals surface area contributed by atoms with Gasteiger partial charge in [-0.25, -0.2) is 0 Å². The predicted molar refractivity (Wildman–Crippen MR) is 81.9 cm³/mol. The molecular formula is C18H15F3O2. The van der Waals surface area contributed by atoms with Gasteiger partial charge in [-0.1, -0.05) is 36.4 Å². The molecule has 0 bridgehead atoms. The summed E-state index contributed by atoms with van der Waals surface area (Å²) >= 11 is 0. The third kappa shape index (κ3) is 2.67. The van der Waals surface area contributed by atoms with Gasteiger partial charge in [-0.15, -0.1) is 0 Å². The quantitative estimate of drug-likeness (QED) is 0.809. The van der Waals surface area contributed by atoms with Gasteiger partial charge in [0.05, 0.1) is 19.8 Å². The van der Waals surface area contributed by atoms with E-state index in [4.69, 9.17) is 9.47 Å². The van der Waals surface area contributed by atoms with E-state index in [2.05, 4.69) is 0 Å². The Bertz CT molecular complexity index is 763. The number of rotatable bonds is 3. The van der Waals surface area contributed by atoms with Gasteiger partial charge in [0, 0.05) is 5.92 Å². The van der Waals surface area contributed by atoms with Crippen LogP contribution in [0.5, 0.6) is 11.5 Å². The number of hydrogen-bond acceptors (Lipinski definition) is 2. The minimum atomic E-state index is -4.37. The number of alkyl halides is 3. The topological polar surface area (TPSA) is 18.5 Å². The Morgan fingerprint density at radius 3 is 2.26 bits per heavy atom. The summed E-state index contributed by atoms with van der Waals surface area (Å²) < 4.78 is 50.3. The van der Waals surface area contributed by atoms with E-state index in [1.165, 1.54) is 26.4 Å². The molecule has 0 amide bonds. The number of fused-ring (bicyclic) bond motifs is 1. The number of methoxy groups -OCH3 is 2. The molecule has 1 aliphatic rings. The van der Waals surface area contributed by atoms with Crippen LogP contribution in [0, 0.1) is 0 Å². The van der Waals surface area contributed by atoms with E-state index >= 15 is 0 Å². The highest BCUT2D eigenvalue weighted by molar-refractivity contribution is 5.79. The minimum Gasteiger partial charge on any atom is -0.493 e. The number of allylic oxidation sites excluding steroid dienone is 2. The summed E-state index contributed by atoms with van der Waals surface area (Å²) in [5.74, 6) is 0.585. The molecule has 1 unspecified atom stereocenters. The van der Waals surface area contributed by atoms with Crippen molar-refractivity contribution in [2.24, 2.45) is 0 Å². The second-order valence-corrected chi connectivity index (χ2v) is 5.26. The van der Waals surface area contributed by atoms with Crippen molar-refractivity contribution in [2.45, 2.75) is 12.1 Å². The Morgan fingerprint density at radius 1 is 0.913 bits per heavy atom. The van der Waals surface area contributed by atoms with Crippen LogP contribution in [0.1, 0.15) is 22.6 Å². The first-order valence-corrected chi connectivity index (χ1v) is 7.06. The molecule has 2 nitrogen and oxygen atoms in total. The van der Waals surface area contributed by atoms with Crippen molar-refractivity contribution < 1.29 is 22.6 Å². The van der Waals surface area contributed by atoms with E-state index in [0.717, 1.165) is 5.56 Å². The van der Waals surface area contributed by atoms with Crippen LogP contribution in [0.15, 0.2) is 48.5 Å². The standard InChI is InChI=1S/C18H15F3O2/c1-22-16-8-7-11(9-17(16)23-2)14-10-15(18(19,20)21)13-6-4-3-5-12(13)14/h3-10,14H,1-2H3. The third-order valence-corrected chi connectivity index (χ3v) is 3.99.